The van der Waals surface area contributed by atoms with Gasteiger partial charge in [-0.25, -0.2) is 5.10 Å². The fourth-order valence-corrected chi connectivity index (χ4v) is 2.81. The highest BCUT2D eigenvalue weighted by Gasteiger charge is 2.23. The maximum Gasteiger partial charge on any atom is 0.216 e. The van der Waals surface area contributed by atoms with Crippen LogP contribution in [0, 0.1) is 4.77 Å². The fourth-order valence-electron chi connectivity index (χ4n) is 2.63. The molecule has 22 heavy (non-hydrogen) atoms. The number of H-pyrrole nitrogens is 2. The highest BCUT2D eigenvalue weighted by atomic mass is 32.1. The molecular weight excluding hydrogens is 298 g/mol. The highest BCUT2D eigenvalue weighted by molar-refractivity contribution is 7.71. The number of rotatable bonds is 3. The number of aromatic nitrogens is 6. The summed E-state index contributed by atoms with van der Waals surface area (Å²) in [5.41, 5.74) is 4.12. The smallest absolute Gasteiger partial charge is 0.216 e. The van der Waals surface area contributed by atoms with Gasteiger partial charge in [-0.1, -0.05) is 6.07 Å². The van der Waals surface area contributed by atoms with Crippen LogP contribution in [0.1, 0.15) is 23.2 Å². The molecule has 0 unspecified atom stereocenters. The Hall–Kier alpha value is -2.61. The van der Waals surface area contributed by atoms with E-state index in [1.54, 1.807) is 23.3 Å². The van der Waals surface area contributed by atoms with Crippen molar-refractivity contribution in [2.75, 3.05) is 0 Å². The minimum Gasteiger partial charge on any atom is -0.282 e. The van der Waals surface area contributed by atoms with Gasteiger partial charge in [-0.3, -0.25) is 10.1 Å². The molecule has 3 heterocycles. The first-order valence-electron chi connectivity index (χ1n) is 7.01. The van der Waals surface area contributed by atoms with E-state index in [1.165, 1.54) is 11.3 Å². The van der Waals surface area contributed by atoms with Gasteiger partial charge < -0.3 is 0 Å². The van der Waals surface area contributed by atoms with Crippen LogP contribution in [0.15, 0.2) is 29.6 Å². The maximum absolute atomic E-state index is 5.27. The van der Waals surface area contributed by atoms with Crippen LogP contribution in [-0.2, 0) is 12.8 Å². The van der Waals surface area contributed by atoms with Crippen molar-refractivity contribution in [3.63, 3.8) is 0 Å². The van der Waals surface area contributed by atoms with Crippen LogP contribution in [0.3, 0.4) is 0 Å². The van der Waals surface area contributed by atoms with E-state index in [0.717, 1.165) is 30.5 Å². The number of aromatic amines is 2. The Morgan fingerprint density at radius 2 is 2.23 bits per heavy atom. The third-order valence-electron chi connectivity index (χ3n) is 3.68. The first-order valence-corrected chi connectivity index (χ1v) is 7.42. The third kappa shape index (κ3) is 2.17. The van der Waals surface area contributed by atoms with E-state index in [4.69, 9.17) is 12.2 Å². The summed E-state index contributed by atoms with van der Waals surface area (Å²) in [7, 11) is 0. The van der Waals surface area contributed by atoms with Gasteiger partial charge in [0.2, 0.25) is 10.6 Å². The van der Waals surface area contributed by atoms with Crippen molar-refractivity contribution >= 4 is 18.4 Å². The third-order valence-corrected chi connectivity index (χ3v) is 3.94. The topological polar surface area (TPSA) is 87.5 Å². The van der Waals surface area contributed by atoms with Gasteiger partial charge in [-0.15, -0.1) is 0 Å². The highest BCUT2D eigenvalue weighted by Crippen LogP contribution is 2.29. The molecule has 3 aromatic heterocycles. The second-order valence-corrected chi connectivity index (χ2v) is 5.46. The van der Waals surface area contributed by atoms with Gasteiger partial charge in [0.15, 0.2) is 0 Å². The van der Waals surface area contributed by atoms with E-state index in [0.29, 0.717) is 10.6 Å². The molecule has 4 rings (SSSR count). The molecule has 110 valence electrons. The normalized spacial score (nSPS) is 13.8. The quantitative estimate of drug-likeness (QED) is 0.573. The number of pyridine rings is 1. The van der Waals surface area contributed by atoms with E-state index >= 15 is 0 Å². The van der Waals surface area contributed by atoms with E-state index in [-0.39, 0.29) is 0 Å². The lowest BCUT2D eigenvalue weighted by molar-refractivity contribution is 0.844. The summed E-state index contributed by atoms with van der Waals surface area (Å²) >= 11 is 5.27. The molecule has 0 aromatic carbocycles. The van der Waals surface area contributed by atoms with Crippen LogP contribution < -0.4 is 0 Å². The van der Waals surface area contributed by atoms with Gasteiger partial charge in [0, 0.05) is 29.2 Å². The molecule has 0 saturated heterocycles. The Morgan fingerprint density at radius 1 is 1.27 bits per heavy atom. The molecule has 2 N–H and O–H groups in total. The number of nitrogens with one attached hydrogen (secondary N) is 2. The fraction of sp³-hybridized carbons (Fsp3) is 0.214. The average molecular weight is 311 g/mol. The number of fused-ring (bicyclic) bond motifs is 1. The van der Waals surface area contributed by atoms with E-state index in [1.807, 2.05) is 12.1 Å². The first kappa shape index (κ1) is 13.1. The van der Waals surface area contributed by atoms with Crippen molar-refractivity contribution in [3.8, 4) is 11.5 Å². The molecule has 7 nitrogen and oxygen atoms in total. The van der Waals surface area contributed by atoms with Crippen molar-refractivity contribution in [2.45, 2.75) is 19.3 Å². The monoisotopic (exact) mass is 311 g/mol. The Labute approximate surface area is 131 Å². The Kier molecular flexibility index (Phi) is 3.15. The molecule has 0 saturated carbocycles. The summed E-state index contributed by atoms with van der Waals surface area (Å²) in [6.07, 6.45) is 8.34. The Balaban J connectivity index is 1.76. The lowest BCUT2D eigenvalue weighted by Gasteiger charge is -1.99. The largest absolute Gasteiger partial charge is 0.282 e. The molecule has 0 atom stereocenters. The number of aryl methyl sites for hydroxylation is 1. The molecule has 8 heteroatoms. The predicted octanol–water partition coefficient (Wildman–Crippen LogP) is 2.10. The van der Waals surface area contributed by atoms with Crippen LogP contribution in [0.2, 0.25) is 0 Å². The number of hydrogen-bond donors (Lipinski definition) is 2. The van der Waals surface area contributed by atoms with Crippen molar-refractivity contribution in [2.24, 2.45) is 5.10 Å². The van der Waals surface area contributed by atoms with Gasteiger partial charge in [0.05, 0.1) is 6.21 Å². The summed E-state index contributed by atoms with van der Waals surface area (Å²) in [6.45, 7) is 0. The van der Waals surface area contributed by atoms with Crippen molar-refractivity contribution in [3.05, 3.63) is 46.1 Å². The summed E-state index contributed by atoms with van der Waals surface area (Å²) in [4.78, 5) is 4.06. The predicted molar refractivity (Wildman–Crippen MR) is 84.2 cm³/mol. The standard InChI is InChI=1S/C14H13N7S/c22-14-20-19-13(12-10-4-1-5-11(10)17-18-12)21(14)16-8-9-3-2-6-15-7-9/h2-3,6-8H,1,4-5H2,(H,17,18)(H,20,22)/b16-8+. The van der Waals surface area contributed by atoms with Gasteiger partial charge in [0.25, 0.3) is 0 Å². The summed E-state index contributed by atoms with van der Waals surface area (Å²) in [5, 5.41) is 18.9. The molecule has 0 aliphatic heterocycles. The summed E-state index contributed by atoms with van der Waals surface area (Å²) < 4.78 is 2.03. The second-order valence-electron chi connectivity index (χ2n) is 5.08. The summed E-state index contributed by atoms with van der Waals surface area (Å²) in [6, 6.07) is 3.78. The summed E-state index contributed by atoms with van der Waals surface area (Å²) in [5.74, 6) is 0.629. The van der Waals surface area contributed by atoms with Gasteiger partial charge >= 0.3 is 0 Å². The molecular formula is C14H13N7S. The number of hydrogen-bond acceptors (Lipinski definition) is 5. The van der Waals surface area contributed by atoms with E-state index in [2.05, 4.69) is 30.5 Å². The van der Waals surface area contributed by atoms with E-state index < -0.39 is 0 Å². The zero-order valence-corrected chi connectivity index (χ0v) is 12.5. The van der Waals surface area contributed by atoms with Crippen LogP contribution in [0.4, 0.5) is 0 Å². The molecule has 0 bridgehead atoms. The lowest BCUT2D eigenvalue weighted by atomic mass is 10.2. The average Bonchev–Trinajstić information content (AvgIpc) is 3.22. The SMILES string of the molecule is S=c1[nH]nc(-c2n[nH]c3c2CCC3)n1/N=C/c1cccnc1. The molecule has 0 fully saturated rings. The minimum absolute atomic E-state index is 0.435. The second kappa shape index (κ2) is 5.30. The van der Waals surface area contributed by atoms with Gasteiger partial charge in [0.1, 0.15) is 5.69 Å². The van der Waals surface area contributed by atoms with Crippen LogP contribution in [0.25, 0.3) is 11.5 Å². The maximum atomic E-state index is 5.27. The zero-order valence-electron chi connectivity index (χ0n) is 11.7. The Morgan fingerprint density at radius 3 is 3.09 bits per heavy atom. The first-order chi connectivity index (χ1) is 10.8. The zero-order chi connectivity index (χ0) is 14.9. The van der Waals surface area contributed by atoms with Crippen LogP contribution >= 0.6 is 12.2 Å². The van der Waals surface area contributed by atoms with Gasteiger partial charge in [-0.2, -0.15) is 20.0 Å². The van der Waals surface area contributed by atoms with Gasteiger partial charge in [-0.05, 0) is 37.5 Å². The van der Waals surface area contributed by atoms with E-state index in [9.17, 15) is 0 Å². The molecule has 0 radical (unpaired) electrons. The van der Waals surface area contributed by atoms with Crippen molar-refractivity contribution in [1.29, 1.82) is 0 Å². The Bertz CT molecular complexity index is 888. The molecule has 1 aliphatic carbocycles. The van der Waals surface area contributed by atoms with Crippen molar-refractivity contribution < 1.29 is 0 Å². The molecule has 0 amide bonds. The molecule has 0 spiro atoms. The number of nitrogens with zero attached hydrogens (tertiary/aromatic N) is 5. The van der Waals surface area contributed by atoms with Crippen LogP contribution in [-0.4, -0.2) is 36.3 Å². The van der Waals surface area contributed by atoms with Crippen molar-refractivity contribution in [1.82, 2.24) is 30.1 Å². The minimum atomic E-state index is 0.435. The molecule has 3 aromatic rings. The molecule has 1 aliphatic rings. The van der Waals surface area contributed by atoms with Crippen LogP contribution in [0.5, 0.6) is 0 Å². The lowest BCUT2D eigenvalue weighted by Crippen LogP contribution is -1.97.